The first-order valence-corrected chi connectivity index (χ1v) is 7.16. The molecule has 0 aliphatic rings. The van der Waals surface area contributed by atoms with E-state index in [1.807, 2.05) is 42.2 Å². The number of rotatable bonds is 7. The molecule has 1 N–H and O–H groups in total. The highest BCUT2D eigenvalue weighted by atomic mass is 16.5. The van der Waals surface area contributed by atoms with Crippen LogP contribution in [0.1, 0.15) is 30.6 Å². The molecule has 5 nitrogen and oxygen atoms in total. The van der Waals surface area contributed by atoms with E-state index in [0.717, 1.165) is 35.7 Å². The van der Waals surface area contributed by atoms with Gasteiger partial charge < -0.3 is 14.8 Å². The van der Waals surface area contributed by atoms with Crippen LogP contribution >= 0.6 is 0 Å². The van der Waals surface area contributed by atoms with E-state index in [9.17, 15) is 0 Å². The quantitative estimate of drug-likeness (QED) is 0.851. The summed E-state index contributed by atoms with van der Waals surface area (Å²) in [5.74, 6) is 1.49. The molecule has 0 saturated carbocycles. The number of nitrogens with zero attached hydrogens (tertiary/aromatic N) is 2. The summed E-state index contributed by atoms with van der Waals surface area (Å²) in [4.78, 5) is 0. The van der Waals surface area contributed by atoms with E-state index >= 15 is 0 Å². The zero-order chi connectivity index (χ0) is 15.2. The molecule has 5 heteroatoms. The van der Waals surface area contributed by atoms with Crippen LogP contribution in [0.15, 0.2) is 30.5 Å². The van der Waals surface area contributed by atoms with Crippen LogP contribution in [0.4, 0.5) is 0 Å². The Morgan fingerprint density at radius 1 is 1.24 bits per heavy atom. The van der Waals surface area contributed by atoms with E-state index in [1.54, 1.807) is 14.2 Å². The standard InChI is InChI=1S/C16H23N3O2/c1-5-11-19-13(9-10-18-19)15(17-2)12-7-6-8-14(20-3)16(12)21-4/h6-10,15,17H,5,11H2,1-4H3. The van der Waals surface area contributed by atoms with Crippen molar-refractivity contribution in [3.05, 3.63) is 41.7 Å². The Kier molecular flexibility index (Phi) is 5.22. The fourth-order valence-corrected chi connectivity index (χ4v) is 2.59. The maximum atomic E-state index is 5.55. The fourth-order valence-electron chi connectivity index (χ4n) is 2.59. The molecule has 0 aliphatic carbocycles. The highest BCUT2D eigenvalue weighted by molar-refractivity contribution is 5.50. The minimum absolute atomic E-state index is 0.00380. The van der Waals surface area contributed by atoms with Gasteiger partial charge in [0.1, 0.15) is 0 Å². The van der Waals surface area contributed by atoms with Crippen LogP contribution in [0.5, 0.6) is 11.5 Å². The van der Waals surface area contributed by atoms with Crippen molar-refractivity contribution in [3.8, 4) is 11.5 Å². The van der Waals surface area contributed by atoms with E-state index in [1.165, 1.54) is 0 Å². The first-order valence-electron chi connectivity index (χ1n) is 7.16. The summed E-state index contributed by atoms with van der Waals surface area (Å²) in [6.07, 6.45) is 2.88. The van der Waals surface area contributed by atoms with Crippen LogP contribution in [0, 0.1) is 0 Å². The summed E-state index contributed by atoms with van der Waals surface area (Å²) in [6.45, 7) is 3.04. The third-order valence-electron chi connectivity index (χ3n) is 3.51. The zero-order valence-corrected chi connectivity index (χ0v) is 13.1. The maximum Gasteiger partial charge on any atom is 0.165 e. The van der Waals surface area contributed by atoms with Crippen molar-refractivity contribution in [3.63, 3.8) is 0 Å². The lowest BCUT2D eigenvalue weighted by molar-refractivity contribution is 0.348. The van der Waals surface area contributed by atoms with E-state index < -0.39 is 0 Å². The molecule has 0 bridgehead atoms. The molecule has 0 amide bonds. The highest BCUT2D eigenvalue weighted by Gasteiger charge is 2.22. The molecule has 0 saturated heterocycles. The van der Waals surface area contributed by atoms with E-state index in [-0.39, 0.29) is 6.04 Å². The normalized spacial score (nSPS) is 12.2. The van der Waals surface area contributed by atoms with Crippen LogP contribution in [0.25, 0.3) is 0 Å². The SMILES string of the molecule is CCCn1nccc1C(NC)c1cccc(OC)c1OC. The van der Waals surface area contributed by atoms with Gasteiger partial charge in [-0.25, -0.2) is 0 Å². The van der Waals surface area contributed by atoms with Gasteiger partial charge in [0.25, 0.3) is 0 Å². The molecule has 0 aliphatic heterocycles. The summed E-state index contributed by atoms with van der Waals surface area (Å²) in [5.41, 5.74) is 2.16. The number of nitrogens with one attached hydrogen (secondary N) is 1. The van der Waals surface area contributed by atoms with Crippen molar-refractivity contribution in [2.24, 2.45) is 0 Å². The average Bonchev–Trinajstić information content (AvgIpc) is 2.96. The van der Waals surface area contributed by atoms with Crippen molar-refractivity contribution in [1.29, 1.82) is 0 Å². The maximum absolute atomic E-state index is 5.55. The number of aryl methyl sites for hydroxylation is 1. The number of aromatic nitrogens is 2. The van der Waals surface area contributed by atoms with Gasteiger partial charge in [0, 0.05) is 18.3 Å². The molecular weight excluding hydrogens is 266 g/mol. The van der Waals surface area contributed by atoms with E-state index in [0.29, 0.717) is 0 Å². The number of hydrogen-bond donors (Lipinski definition) is 1. The summed E-state index contributed by atoms with van der Waals surface area (Å²) >= 11 is 0. The molecule has 0 fully saturated rings. The van der Waals surface area contributed by atoms with Gasteiger partial charge in [-0.3, -0.25) is 4.68 Å². The topological polar surface area (TPSA) is 48.3 Å². The van der Waals surface area contributed by atoms with Crippen molar-refractivity contribution >= 4 is 0 Å². The molecule has 1 aromatic heterocycles. The minimum atomic E-state index is 0.00380. The number of ether oxygens (including phenoxy) is 2. The average molecular weight is 289 g/mol. The largest absolute Gasteiger partial charge is 0.493 e. The molecule has 0 radical (unpaired) electrons. The van der Waals surface area contributed by atoms with E-state index in [2.05, 4.69) is 17.3 Å². The molecule has 114 valence electrons. The van der Waals surface area contributed by atoms with Crippen LogP contribution in [0.3, 0.4) is 0 Å². The molecular formula is C16H23N3O2. The van der Waals surface area contributed by atoms with Gasteiger partial charge in [0.05, 0.1) is 26.0 Å². The summed E-state index contributed by atoms with van der Waals surface area (Å²) in [6, 6.07) is 7.96. The molecule has 1 heterocycles. The second-order valence-electron chi connectivity index (χ2n) is 4.78. The van der Waals surface area contributed by atoms with E-state index in [4.69, 9.17) is 9.47 Å². The molecule has 1 atom stereocenters. The van der Waals surface area contributed by atoms with Crippen LogP contribution in [0.2, 0.25) is 0 Å². The predicted octanol–water partition coefficient (Wildman–Crippen LogP) is 2.62. The van der Waals surface area contributed by atoms with Gasteiger partial charge in [-0.15, -0.1) is 0 Å². The molecule has 1 unspecified atom stereocenters. The Morgan fingerprint density at radius 2 is 2.05 bits per heavy atom. The Hall–Kier alpha value is -2.01. The van der Waals surface area contributed by atoms with Crippen molar-refractivity contribution < 1.29 is 9.47 Å². The number of methoxy groups -OCH3 is 2. The first-order chi connectivity index (χ1) is 10.3. The van der Waals surface area contributed by atoms with Crippen LogP contribution in [-0.2, 0) is 6.54 Å². The molecule has 1 aromatic carbocycles. The molecule has 2 aromatic rings. The lowest BCUT2D eigenvalue weighted by Crippen LogP contribution is -2.22. The zero-order valence-electron chi connectivity index (χ0n) is 13.1. The Morgan fingerprint density at radius 3 is 2.67 bits per heavy atom. The minimum Gasteiger partial charge on any atom is -0.493 e. The first kappa shape index (κ1) is 15.4. The monoisotopic (exact) mass is 289 g/mol. The van der Waals surface area contributed by atoms with Gasteiger partial charge in [-0.05, 0) is 25.6 Å². The lowest BCUT2D eigenvalue weighted by atomic mass is 10.0. The third-order valence-corrected chi connectivity index (χ3v) is 3.51. The summed E-state index contributed by atoms with van der Waals surface area (Å²) < 4.78 is 13.0. The van der Waals surface area contributed by atoms with Gasteiger partial charge in [-0.2, -0.15) is 5.10 Å². The molecule has 2 rings (SSSR count). The third kappa shape index (κ3) is 3.03. The number of para-hydroxylation sites is 1. The number of benzene rings is 1. The van der Waals surface area contributed by atoms with Gasteiger partial charge in [0.2, 0.25) is 0 Å². The van der Waals surface area contributed by atoms with Crippen LogP contribution < -0.4 is 14.8 Å². The van der Waals surface area contributed by atoms with Crippen molar-refractivity contribution in [2.75, 3.05) is 21.3 Å². The molecule has 0 spiro atoms. The Balaban J connectivity index is 2.48. The van der Waals surface area contributed by atoms with Gasteiger partial charge in [0.15, 0.2) is 11.5 Å². The van der Waals surface area contributed by atoms with Crippen molar-refractivity contribution in [2.45, 2.75) is 25.9 Å². The second kappa shape index (κ2) is 7.13. The van der Waals surface area contributed by atoms with Crippen molar-refractivity contribution in [1.82, 2.24) is 15.1 Å². The Labute approximate surface area is 125 Å². The highest BCUT2D eigenvalue weighted by Crippen LogP contribution is 2.36. The fraction of sp³-hybridized carbons (Fsp3) is 0.438. The van der Waals surface area contributed by atoms with Gasteiger partial charge in [-0.1, -0.05) is 19.1 Å². The smallest absolute Gasteiger partial charge is 0.165 e. The Bertz CT molecular complexity index is 581. The second-order valence-corrected chi connectivity index (χ2v) is 4.78. The van der Waals surface area contributed by atoms with Crippen LogP contribution in [-0.4, -0.2) is 31.0 Å². The lowest BCUT2D eigenvalue weighted by Gasteiger charge is -2.21. The molecule has 21 heavy (non-hydrogen) atoms. The van der Waals surface area contributed by atoms with Gasteiger partial charge >= 0.3 is 0 Å². The predicted molar refractivity (Wildman–Crippen MR) is 83.0 cm³/mol. The summed E-state index contributed by atoms with van der Waals surface area (Å²) in [7, 11) is 5.25. The number of hydrogen-bond acceptors (Lipinski definition) is 4. The summed E-state index contributed by atoms with van der Waals surface area (Å²) in [5, 5.41) is 7.75.